The summed E-state index contributed by atoms with van der Waals surface area (Å²) in [7, 11) is 3.47. The zero-order chi connectivity index (χ0) is 13.6. The molecule has 18 heavy (non-hydrogen) atoms. The Morgan fingerprint density at radius 1 is 1.17 bits per heavy atom. The molecule has 6 heteroatoms. The molecule has 5 nitrogen and oxygen atoms in total. The molecule has 0 aromatic carbocycles. The first-order chi connectivity index (χ1) is 8.39. The lowest BCUT2D eigenvalue weighted by Gasteiger charge is -2.26. The monoisotopic (exact) mass is 277 g/mol. The van der Waals surface area contributed by atoms with Crippen molar-refractivity contribution in [2.45, 2.75) is 18.9 Å². The molecule has 1 atom stereocenters. The Hall–Kier alpha value is -0.170. The Morgan fingerprint density at radius 2 is 1.89 bits per heavy atom. The standard InChI is InChI=1S/C12H27N3O2S/c1-14(2)7-4-8-15(3)9-5-12-11-18(16,17)10-6-13-12/h12-13H,4-11H2,1-3H3. The van der Waals surface area contributed by atoms with E-state index in [0.717, 1.165) is 32.5 Å². The lowest BCUT2D eigenvalue weighted by atomic mass is 10.2. The van der Waals surface area contributed by atoms with Gasteiger partial charge in [0.1, 0.15) is 0 Å². The third-order valence-electron chi connectivity index (χ3n) is 3.31. The predicted octanol–water partition coefficient (Wildman–Crippen LogP) is -0.353. The van der Waals surface area contributed by atoms with Crippen LogP contribution in [0.3, 0.4) is 0 Å². The molecule has 0 aliphatic carbocycles. The molecule has 0 bridgehead atoms. The minimum atomic E-state index is -2.80. The highest BCUT2D eigenvalue weighted by Gasteiger charge is 2.23. The van der Waals surface area contributed by atoms with E-state index in [-0.39, 0.29) is 6.04 Å². The van der Waals surface area contributed by atoms with Crippen molar-refractivity contribution in [3.05, 3.63) is 0 Å². The van der Waals surface area contributed by atoms with Crippen LogP contribution in [0.5, 0.6) is 0 Å². The van der Waals surface area contributed by atoms with E-state index in [1.54, 1.807) is 0 Å². The molecule has 108 valence electrons. The highest BCUT2D eigenvalue weighted by atomic mass is 32.2. The van der Waals surface area contributed by atoms with Gasteiger partial charge in [0.2, 0.25) is 0 Å². The van der Waals surface area contributed by atoms with Gasteiger partial charge in [0.25, 0.3) is 0 Å². The molecule has 0 amide bonds. The highest BCUT2D eigenvalue weighted by molar-refractivity contribution is 7.91. The van der Waals surface area contributed by atoms with Gasteiger partial charge in [-0.1, -0.05) is 0 Å². The van der Waals surface area contributed by atoms with Crippen LogP contribution in [0.4, 0.5) is 0 Å². The Morgan fingerprint density at radius 3 is 2.50 bits per heavy atom. The van der Waals surface area contributed by atoms with Gasteiger partial charge in [-0.05, 0) is 53.6 Å². The average molecular weight is 277 g/mol. The maximum atomic E-state index is 11.5. The summed E-state index contributed by atoms with van der Waals surface area (Å²) in [5.41, 5.74) is 0. The quantitative estimate of drug-likeness (QED) is 0.689. The molecular weight excluding hydrogens is 250 g/mol. The summed E-state index contributed by atoms with van der Waals surface area (Å²) >= 11 is 0. The van der Waals surface area contributed by atoms with Gasteiger partial charge in [0.05, 0.1) is 11.5 Å². The van der Waals surface area contributed by atoms with Crippen LogP contribution in [0, 0.1) is 0 Å². The van der Waals surface area contributed by atoms with Gasteiger partial charge in [-0.2, -0.15) is 0 Å². The minimum Gasteiger partial charge on any atom is -0.312 e. The van der Waals surface area contributed by atoms with Crippen LogP contribution in [0.2, 0.25) is 0 Å². The molecule has 0 radical (unpaired) electrons. The van der Waals surface area contributed by atoms with Crippen molar-refractivity contribution >= 4 is 9.84 Å². The third-order valence-corrected chi connectivity index (χ3v) is 5.04. The maximum absolute atomic E-state index is 11.5. The van der Waals surface area contributed by atoms with Crippen molar-refractivity contribution < 1.29 is 8.42 Å². The number of nitrogens with zero attached hydrogens (tertiary/aromatic N) is 2. The van der Waals surface area contributed by atoms with Crippen molar-refractivity contribution in [1.82, 2.24) is 15.1 Å². The third kappa shape index (κ3) is 6.68. The fourth-order valence-corrected chi connectivity index (χ4v) is 3.69. The van der Waals surface area contributed by atoms with E-state index in [0.29, 0.717) is 18.1 Å². The predicted molar refractivity (Wildman–Crippen MR) is 75.7 cm³/mol. The van der Waals surface area contributed by atoms with E-state index in [9.17, 15) is 8.42 Å². The number of hydrogen-bond acceptors (Lipinski definition) is 5. The van der Waals surface area contributed by atoms with Gasteiger partial charge in [-0.25, -0.2) is 8.42 Å². The molecule has 1 aliphatic rings. The fourth-order valence-electron chi connectivity index (χ4n) is 2.20. The molecule has 0 aromatic rings. The van der Waals surface area contributed by atoms with E-state index >= 15 is 0 Å². The first-order valence-electron chi connectivity index (χ1n) is 6.66. The van der Waals surface area contributed by atoms with Crippen LogP contribution in [0.15, 0.2) is 0 Å². The molecule has 0 aromatic heterocycles. The minimum absolute atomic E-state index is 0.139. The van der Waals surface area contributed by atoms with Gasteiger partial charge >= 0.3 is 0 Å². The molecule has 1 fully saturated rings. The second-order valence-electron chi connectivity index (χ2n) is 5.51. The largest absolute Gasteiger partial charge is 0.312 e. The van der Waals surface area contributed by atoms with Crippen molar-refractivity contribution in [1.29, 1.82) is 0 Å². The van der Waals surface area contributed by atoms with Crippen molar-refractivity contribution in [2.75, 3.05) is 58.8 Å². The summed E-state index contributed by atoms with van der Waals surface area (Å²) < 4.78 is 23.0. The van der Waals surface area contributed by atoms with Crippen LogP contribution in [-0.2, 0) is 9.84 Å². The van der Waals surface area contributed by atoms with Crippen LogP contribution in [-0.4, -0.2) is 83.1 Å². The summed E-state index contributed by atoms with van der Waals surface area (Å²) in [6.07, 6.45) is 2.07. The number of sulfone groups is 1. The zero-order valence-electron chi connectivity index (χ0n) is 11.9. The Bertz CT molecular complexity index is 330. The molecule has 1 N–H and O–H groups in total. The average Bonchev–Trinajstić information content (AvgIpc) is 2.24. The Labute approximate surface area is 111 Å². The lowest BCUT2D eigenvalue weighted by Crippen LogP contribution is -2.46. The Balaban J connectivity index is 2.16. The molecule has 0 saturated carbocycles. The summed E-state index contributed by atoms with van der Waals surface area (Å²) in [5.74, 6) is 0.598. The van der Waals surface area contributed by atoms with Crippen molar-refractivity contribution in [2.24, 2.45) is 0 Å². The van der Waals surface area contributed by atoms with Gasteiger partial charge < -0.3 is 15.1 Å². The first-order valence-corrected chi connectivity index (χ1v) is 8.48. The van der Waals surface area contributed by atoms with Gasteiger partial charge in [0.15, 0.2) is 9.84 Å². The molecule has 1 saturated heterocycles. The van der Waals surface area contributed by atoms with Crippen molar-refractivity contribution in [3.63, 3.8) is 0 Å². The van der Waals surface area contributed by atoms with Crippen LogP contribution in [0.1, 0.15) is 12.8 Å². The van der Waals surface area contributed by atoms with Crippen LogP contribution >= 0.6 is 0 Å². The SMILES string of the molecule is CN(C)CCCN(C)CCC1CS(=O)(=O)CCN1. The van der Waals surface area contributed by atoms with Gasteiger partial charge in [0, 0.05) is 12.6 Å². The summed E-state index contributed by atoms with van der Waals surface area (Å²) in [6, 6.07) is 0.139. The second kappa shape index (κ2) is 7.43. The number of nitrogens with one attached hydrogen (secondary N) is 1. The van der Waals surface area contributed by atoms with Crippen molar-refractivity contribution in [3.8, 4) is 0 Å². The van der Waals surface area contributed by atoms with E-state index in [1.165, 1.54) is 0 Å². The maximum Gasteiger partial charge on any atom is 0.153 e. The molecular formula is C12H27N3O2S. The normalized spacial score (nSPS) is 23.7. The highest BCUT2D eigenvalue weighted by Crippen LogP contribution is 2.05. The number of rotatable bonds is 7. The Kier molecular flexibility index (Phi) is 6.55. The van der Waals surface area contributed by atoms with Crippen LogP contribution < -0.4 is 5.32 Å². The van der Waals surface area contributed by atoms with E-state index in [1.807, 2.05) is 0 Å². The molecule has 0 spiro atoms. The molecule has 1 unspecified atom stereocenters. The molecule has 1 heterocycles. The van der Waals surface area contributed by atoms with E-state index < -0.39 is 9.84 Å². The zero-order valence-corrected chi connectivity index (χ0v) is 12.7. The number of hydrogen-bond donors (Lipinski definition) is 1. The molecule has 1 aliphatic heterocycles. The van der Waals surface area contributed by atoms with E-state index in [2.05, 4.69) is 36.3 Å². The lowest BCUT2D eigenvalue weighted by molar-refractivity contribution is 0.286. The van der Waals surface area contributed by atoms with Crippen LogP contribution in [0.25, 0.3) is 0 Å². The van der Waals surface area contributed by atoms with Gasteiger partial charge in [-0.15, -0.1) is 0 Å². The first kappa shape index (κ1) is 15.9. The van der Waals surface area contributed by atoms with Gasteiger partial charge in [-0.3, -0.25) is 0 Å². The summed E-state index contributed by atoms with van der Waals surface area (Å²) in [4.78, 5) is 4.47. The second-order valence-corrected chi connectivity index (χ2v) is 7.74. The summed E-state index contributed by atoms with van der Waals surface area (Å²) in [5, 5.41) is 3.29. The topological polar surface area (TPSA) is 52.7 Å². The summed E-state index contributed by atoms with van der Waals surface area (Å²) in [6.45, 7) is 3.73. The van der Waals surface area contributed by atoms with E-state index in [4.69, 9.17) is 0 Å². The fraction of sp³-hybridized carbons (Fsp3) is 1.00. The smallest absolute Gasteiger partial charge is 0.153 e. The molecule has 1 rings (SSSR count).